The van der Waals surface area contributed by atoms with E-state index in [4.69, 9.17) is 5.73 Å². The number of benzene rings is 1. The van der Waals surface area contributed by atoms with Gasteiger partial charge in [0.05, 0.1) is 9.83 Å². The highest BCUT2D eigenvalue weighted by Crippen LogP contribution is 2.39. The van der Waals surface area contributed by atoms with Crippen LogP contribution in [0.15, 0.2) is 46.3 Å². The lowest BCUT2D eigenvalue weighted by atomic mass is 9.93. The van der Waals surface area contributed by atoms with Crippen molar-refractivity contribution in [1.82, 2.24) is 4.90 Å². The van der Waals surface area contributed by atoms with E-state index in [1.165, 1.54) is 0 Å². The lowest BCUT2D eigenvalue weighted by Gasteiger charge is -2.45. The van der Waals surface area contributed by atoms with Gasteiger partial charge >= 0.3 is 0 Å². The van der Waals surface area contributed by atoms with Crippen molar-refractivity contribution in [3.8, 4) is 0 Å². The van der Waals surface area contributed by atoms with Gasteiger partial charge in [-0.2, -0.15) is 0 Å². The molecule has 5 heteroatoms. The fourth-order valence-corrected chi connectivity index (χ4v) is 3.93. The number of nitrogens with zero attached hydrogens (tertiary/aromatic N) is 1. The molecule has 2 heterocycles. The van der Waals surface area contributed by atoms with Crippen molar-refractivity contribution in [1.29, 1.82) is 0 Å². The van der Waals surface area contributed by atoms with E-state index in [2.05, 4.69) is 15.9 Å². The molecule has 1 aromatic heterocycles. The molecule has 1 aromatic carbocycles. The monoisotopic (exact) mass is 336 g/mol. The summed E-state index contributed by atoms with van der Waals surface area (Å²) < 4.78 is 1.06. The highest BCUT2D eigenvalue weighted by Gasteiger charge is 2.46. The van der Waals surface area contributed by atoms with Crippen molar-refractivity contribution in [2.75, 3.05) is 0 Å². The molecule has 19 heavy (non-hydrogen) atoms. The Balaban J connectivity index is 1.82. The van der Waals surface area contributed by atoms with Gasteiger partial charge < -0.3 is 10.6 Å². The molecule has 1 fully saturated rings. The molecule has 1 saturated heterocycles. The van der Waals surface area contributed by atoms with Gasteiger partial charge in [0.15, 0.2) is 0 Å². The Morgan fingerprint density at radius 1 is 1.21 bits per heavy atom. The number of halogens is 1. The highest BCUT2D eigenvalue weighted by molar-refractivity contribution is 9.11. The van der Waals surface area contributed by atoms with E-state index >= 15 is 0 Å². The maximum atomic E-state index is 12.0. The summed E-state index contributed by atoms with van der Waals surface area (Å²) in [6, 6.07) is 13.6. The fourth-order valence-electron chi connectivity index (χ4n) is 2.35. The van der Waals surface area contributed by atoms with Crippen molar-refractivity contribution in [3.63, 3.8) is 0 Å². The highest BCUT2D eigenvalue weighted by atomic mass is 79.9. The van der Waals surface area contributed by atoms with Crippen LogP contribution in [-0.4, -0.2) is 16.8 Å². The van der Waals surface area contributed by atoms with Gasteiger partial charge in [0.1, 0.15) is 6.04 Å². The zero-order valence-electron chi connectivity index (χ0n) is 10.1. The summed E-state index contributed by atoms with van der Waals surface area (Å²) in [5.74, 6) is 0.0263. The number of likely N-dealkylation sites (tertiary alicyclic amines) is 1. The van der Waals surface area contributed by atoms with Gasteiger partial charge in [0.25, 0.3) is 0 Å². The summed E-state index contributed by atoms with van der Waals surface area (Å²) in [4.78, 5) is 14.9. The van der Waals surface area contributed by atoms with Crippen molar-refractivity contribution in [3.05, 3.63) is 56.7 Å². The number of rotatable bonds is 3. The Hall–Kier alpha value is -1.17. The zero-order valence-corrected chi connectivity index (χ0v) is 12.5. The van der Waals surface area contributed by atoms with Crippen LogP contribution in [0, 0.1) is 0 Å². The van der Waals surface area contributed by atoms with Crippen LogP contribution in [0.2, 0.25) is 0 Å². The first-order chi connectivity index (χ1) is 9.16. The van der Waals surface area contributed by atoms with E-state index in [1.54, 1.807) is 11.3 Å². The maximum Gasteiger partial charge on any atom is 0.242 e. The van der Waals surface area contributed by atoms with Crippen LogP contribution < -0.4 is 5.73 Å². The smallest absolute Gasteiger partial charge is 0.242 e. The third-order valence-corrected chi connectivity index (χ3v) is 5.02. The molecule has 0 aliphatic carbocycles. The molecule has 0 spiro atoms. The molecule has 1 aliphatic heterocycles. The molecule has 0 bridgehead atoms. The molecular formula is C14H13BrN2OS. The molecule has 2 N–H and O–H groups in total. The Kier molecular flexibility index (Phi) is 3.43. The number of nitrogens with two attached hydrogens (primary N) is 1. The molecule has 3 rings (SSSR count). The van der Waals surface area contributed by atoms with Gasteiger partial charge in [-0.1, -0.05) is 30.3 Å². The first kappa shape index (κ1) is 12.8. The van der Waals surface area contributed by atoms with Crippen molar-refractivity contribution < 1.29 is 4.79 Å². The van der Waals surface area contributed by atoms with E-state index in [-0.39, 0.29) is 11.9 Å². The number of thiophene rings is 1. The second-order valence-corrected chi connectivity index (χ2v) is 7.06. The van der Waals surface area contributed by atoms with Crippen LogP contribution in [0.3, 0.4) is 0 Å². The molecule has 3 nitrogen and oxygen atoms in total. The summed E-state index contributed by atoms with van der Waals surface area (Å²) in [6.45, 7) is 0.619. The minimum absolute atomic E-state index is 0.00371. The number of carbonyl (C=O) groups is 1. The van der Waals surface area contributed by atoms with Crippen LogP contribution in [0.25, 0.3) is 0 Å². The van der Waals surface area contributed by atoms with E-state index in [1.807, 2.05) is 47.4 Å². The Morgan fingerprint density at radius 3 is 2.58 bits per heavy atom. The SMILES string of the molecule is N[C@H]1C(=O)N(Cc2ccccc2)[C@H]1c1ccc(Br)s1. The minimum Gasteiger partial charge on any atom is -0.327 e. The lowest BCUT2D eigenvalue weighted by Crippen LogP contribution is -2.62. The molecule has 2 atom stereocenters. The number of amides is 1. The van der Waals surface area contributed by atoms with Crippen LogP contribution in [0.5, 0.6) is 0 Å². The van der Waals surface area contributed by atoms with Gasteiger partial charge in [-0.05, 0) is 33.6 Å². The summed E-state index contributed by atoms with van der Waals surface area (Å²) in [6.07, 6.45) is 0. The Morgan fingerprint density at radius 2 is 1.95 bits per heavy atom. The topological polar surface area (TPSA) is 46.3 Å². The molecule has 0 radical (unpaired) electrons. The maximum absolute atomic E-state index is 12.0. The quantitative estimate of drug-likeness (QED) is 0.876. The van der Waals surface area contributed by atoms with Crippen LogP contribution in [-0.2, 0) is 11.3 Å². The lowest BCUT2D eigenvalue weighted by molar-refractivity contribution is -0.150. The van der Waals surface area contributed by atoms with E-state index in [0.717, 1.165) is 14.2 Å². The second-order valence-electron chi connectivity index (χ2n) is 4.56. The number of carbonyl (C=O) groups excluding carboxylic acids is 1. The Labute approximate surface area is 124 Å². The second kappa shape index (κ2) is 5.07. The van der Waals surface area contributed by atoms with Gasteiger partial charge in [-0.15, -0.1) is 11.3 Å². The number of hydrogen-bond acceptors (Lipinski definition) is 3. The number of hydrogen-bond donors (Lipinski definition) is 1. The number of β-lactam (4-membered cyclic amide) rings is 1. The van der Waals surface area contributed by atoms with Gasteiger partial charge in [0, 0.05) is 11.4 Å². The first-order valence-corrected chi connectivity index (χ1v) is 7.63. The van der Waals surface area contributed by atoms with Crippen LogP contribution >= 0.6 is 27.3 Å². The van der Waals surface area contributed by atoms with Gasteiger partial charge in [-0.3, -0.25) is 4.79 Å². The molecule has 1 amide bonds. The molecule has 2 aromatic rings. The minimum atomic E-state index is -0.408. The van der Waals surface area contributed by atoms with Crippen molar-refractivity contribution >= 4 is 33.2 Å². The van der Waals surface area contributed by atoms with Crippen LogP contribution in [0.4, 0.5) is 0 Å². The van der Waals surface area contributed by atoms with Gasteiger partial charge in [0.2, 0.25) is 5.91 Å². The van der Waals surface area contributed by atoms with E-state index in [0.29, 0.717) is 6.54 Å². The predicted octanol–water partition coefficient (Wildman–Crippen LogP) is 2.92. The van der Waals surface area contributed by atoms with Gasteiger partial charge in [-0.25, -0.2) is 0 Å². The summed E-state index contributed by atoms with van der Waals surface area (Å²) in [7, 11) is 0. The third kappa shape index (κ3) is 2.33. The third-order valence-electron chi connectivity index (χ3n) is 3.33. The summed E-state index contributed by atoms with van der Waals surface area (Å²) in [5.41, 5.74) is 7.08. The zero-order chi connectivity index (χ0) is 13.4. The first-order valence-electron chi connectivity index (χ1n) is 6.02. The average molecular weight is 337 g/mol. The molecule has 98 valence electrons. The molecular weight excluding hydrogens is 324 g/mol. The predicted molar refractivity (Wildman–Crippen MR) is 79.7 cm³/mol. The molecule has 1 aliphatic rings. The van der Waals surface area contributed by atoms with E-state index < -0.39 is 6.04 Å². The summed E-state index contributed by atoms with van der Waals surface area (Å²) >= 11 is 5.08. The normalized spacial score (nSPS) is 22.4. The summed E-state index contributed by atoms with van der Waals surface area (Å²) in [5, 5.41) is 0. The van der Waals surface area contributed by atoms with Crippen LogP contribution in [0.1, 0.15) is 16.5 Å². The molecule has 0 unspecified atom stereocenters. The average Bonchev–Trinajstić information content (AvgIpc) is 2.85. The standard InChI is InChI=1S/C14H13BrN2OS/c15-11-7-6-10(19-11)13-12(16)14(18)17(13)8-9-4-2-1-3-5-9/h1-7,12-13H,8,16H2/t12-,13+/m1/s1. The van der Waals surface area contributed by atoms with Crippen molar-refractivity contribution in [2.24, 2.45) is 5.73 Å². The van der Waals surface area contributed by atoms with Crippen molar-refractivity contribution in [2.45, 2.75) is 18.6 Å². The molecule has 0 saturated carbocycles. The van der Waals surface area contributed by atoms with E-state index in [9.17, 15) is 4.79 Å². The largest absolute Gasteiger partial charge is 0.327 e. The Bertz CT molecular complexity index is 599. The fraction of sp³-hybridized carbons (Fsp3) is 0.214.